The zero-order valence-corrected chi connectivity index (χ0v) is 26.3. The first-order valence-electron chi connectivity index (χ1n) is 15.8. The number of benzene rings is 7. The van der Waals surface area contributed by atoms with Crippen molar-refractivity contribution in [1.82, 2.24) is 9.97 Å². The lowest BCUT2D eigenvalue weighted by Gasteiger charge is -2.14. The van der Waals surface area contributed by atoms with Crippen molar-refractivity contribution in [1.29, 1.82) is 0 Å². The summed E-state index contributed by atoms with van der Waals surface area (Å²) in [6.07, 6.45) is 0. The highest BCUT2D eigenvalue weighted by Crippen LogP contribution is 2.40. The molecule has 0 aliphatic heterocycles. The van der Waals surface area contributed by atoms with E-state index in [-0.39, 0.29) is 0 Å². The Morgan fingerprint density at radius 1 is 0.340 bits per heavy atom. The van der Waals surface area contributed by atoms with E-state index in [2.05, 4.69) is 146 Å². The number of nitrogens with zero attached hydrogens (tertiary/aromatic N) is 2. The van der Waals surface area contributed by atoms with Gasteiger partial charge in [-0.25, -0.2) is 9.97 Å². The summed E-state index contributed by atoms with van der Waals surface area (Å²) < 4.78 is 2.61. The third-order valence-corrected chi connectivity index (χ3v) is 10.0. The molecule has 2 heterocycles. The van der Waals surface area contributed by atoms with Crippen LogP contribution in [0.1, 0.15) is 0 Å². The Morgan fingerprint density at radius 3 is 1.79 bits per heavy atom. The summed E-state index contributed by atoms with van der Waals surface area (Å²) in [4.78, 5) is 10.3. The maximum absolute atomic E-state index is 5.20. The first-order valence-corrected chi connectivity index (χ1v) is 16.6. The molecule has 0 aliphatic rings. The normalized spacial score (nSPS) is 11.4. The topological polar surface area (TPSA) is 25.8 Å². The Hall–Kier alpha value is -5.90. The summed E-state index contributed by atoms with van der Waals surface area (Å²) >= 11 is 1.85. The van der Waals surface area contributed by atoms with Crippen LogP contribution in [0.25, 0.3) is 87.1 Å². The number of fused-ring (bicyclic) bond motifs is 4. The SMILES string of the molecule is c1ccc(-c2cc(-c3cc(-c4ccc5sc6ccccc6c5c4)cc(-c4cccc5ccccc45)c3)nc(-c3ccccc3)n2)cc1. The van der Waals surface area contributed by atoms with Crippen molar-refractivity contribution in [2.75, 3.05) is 0 Å². The third kappa shape index (κ3) is 5.07. The van der Waals surface area contributed by atoms with E-state index in [1.54, 1.807) is 0 Å². The van der Waals surface area contributed by atoms with E-state index in [9.17, 15) is 0 Å². The fraction of sp³-hybridized carbons (Fsp3) is 0. The molecule has 47 heavy (non-hydrogen) atoms. The molecule has 3 heteroatoms. The summed E-state index contributed by atoms with van der Waals surface area (Å²) in [7, 11) is 0. The van der Waals surface area contributed by atoms with Crippen molar-refractivity contribution >= 4 is 42.3 Å². The highest BCUT2D eigenvalue weighted by molar-refractivity contribution is 7.25. The molecule has 0 aliphatic carbocycles. The van der Waals surface area contributed by atoms with Gasteiger partial charge in [-0.3, -0.25) is 0 Å². The molecule has 9 rings (SSSR count). The molecule has 0 amide bonds. The second kappa shape index (κ2) is 11.5. The lowest BCUT2D eigenvalue weighted by atomic mass is 9.91. The number of rotatable bonds is 5. The molecule has 0 saturated heterocycles. The maximum atomic E-state index is 5.20. The summed E-state index contributed by atoms with van der Waals surface area (Å²) in [5.74, 6) is 0.713. The van der Waals surface area contributed by atoms with E-state index in [0.29, 0.717) is 5.82 Å². The maximum Gasteiger partial charge on any atom is 0.160 e. The molecule has 220 valence electrons. The van der Waals surface area contributed by atoms with Gasteiger partial charge in [-0.05, 0) is 75.5 Å². The fourth-order valence-electron chi connectivity index (χ4n) is 6.55. The van der Waals surface area contributed by atoms with Crippen LogP contribution in [0.15, 0.2) is 170 Å². The smallest absolute Gasteiger partial charge is 0.160 e. The summed E-state index contributed by atoms with van der Waals surface area (Å²) in [6.45, 7) is 0. The van der Waals surface area contributed by atoms with Crippen LogP contribution in [0.3, 0.4) is 0 Å². The summed E-state index contributed by atoms with van der Waals surface area (Å²) in [5.41, 5.74) is 9.60. The summed E-state index contributed by atoms with van der Waals surface area (Å²) in [5, 5.41) is 5.05. The molecular weight excluding hydrogens is 589 g/mol. The molecule has 0 bridgehead atoms. The Bertz CT molecular complexity index is 2500. The van der Waals surface area contributed by atoms with Crippen LogP contribution >= 0.6 is 11.3 Å². The quantitative estimate of drug-likeness (QED) is 0.192. The molecule has 0 radical (unpaired) electrons. The van der Waals surface area contributed by atoms with Crippen LogP contribution in [0.5, 0.6) is 0 Å². The first kappa shape index (κ1) is 27.4. The van der Waals surface area contributed by atoms with Gasteiger partial charge in [0.15, 0.2) is 5.82 Å². The van der Waals surface area contributed by atoms with Crippen molar-refractivity contribution in [2.45, 2.75) is 0 Å². The van der Waals surface area contributed by atoms with E-state index in [0.717, 1.165) is 39.2 Å². The van der Waals surface area contributed by atoms with Crippen molar-refractivity contribution in [3.8, 4) is 56.2 Å². The first-order chi connectivity index (χ1) is 23.3. The Kier molecular flexibility index (Phi) is 6.69. The standard InChI is InChI=1S/C44H28N2S/c1-3-13-30(14-4-1)40-28-41(46-44(45-40)31-15-5-2-6-16-31)35-25-33(24-34(26-35)37-20-11-17-29-12-7-8-18-36(29)37)32-22-23-43-39(27-32)38-19-9-10-21-42(38)47-43/h1-28H. The van der Waals surface area contributed by atoms with Crippen LogP contribution < -0.4 is 0 Å². The number of hydrogen-bond acceptors (Lipinski definition) is 3. The molecule has 0 fully saturated rings. The number of thiophene rings is 1. The van der Waals surface area contributed by atoms with Gasteiger partial charge in [0.25, 0.3) is 0 Å². The van der Waals surface area contributed by atoms with Crippen molar-refractivity contribution in [3.05, 3.63) is 170 Å². The van der Waals surface area contributed by atoms with E-state index < -0.39 is 0 Å². The van der Waals surface area contributed by atoms with Gasteiger partial charge in [0.2, 0.25) is 0 Å². The monoisotopic (exact) mass is 616 g/mol. The average molecular weight is 617 g/mol. The number of aromatic nitrogens is 2. The van der Waals surface area contributed by atoms with Gasteiger partial charge >= 0.3 is 0 Å². The fourth-order valence-corrected chi connectivity index (χ4v) is 7.64. The molecule has 9 aromatic rings. The minimum absolute atomic E-state index is 0.713. The highest BCUT2D eigenvalue weighted by atomic mass is 32.1. The molecule has 2 nitrogen and oxygen atoms in total. The van der Waals surface area contributed by atoms with Crippen LogP contribution in [-0.2, 0) is 0 Å². The van der Waals surface area contributed by atoms with Crippen LogP contribution in [-0.4, -0.2) is 9.97 Å². The molecule has 0 saturated carbocycles. The van der Waals surface area contributed by atoms with Gasteiger partial charge in [-0.15, -0.1) is 11.3 Å². The second-order valence-electron chi connectivity index (χ2n) is 11.8. The Balaban J connectivity index is 1.30. The minimum atomic E-state index is 0.713. The van der Waals surface area contributed by atoms with Crippen molar-refractivity contribution < 1.29 is 0 Å². The highest BCUT2D eigenvalue weighted by Gasteiger charge is 2.15. The minimum Gasteiger partial charge on any atom is -0.228 e. The van der Waals surface area contributed by atoms with E-state index in [1.807, 2.05) is 35.6 Å². The van der Waals surface area contributed by atoms with Gasteiger partial charge in [0, 0.05) is 36.9 Å². The van der Waals surface area contributed by atoms with Crippen LogP contribution in [0.4, 0.5) is 0 Å². The van der Waals surface area contributed by atoms with Gasteiger partial charge < -0.3 is 0 Å². The molecule has 2 aromatic heterocycles. The van der Waals surface area contributed by atoms with Gasteiger partial charge in [0.1, 0.15) is 0 Å². The zero-order chi connectivity index (χ0) is 31.2. The molecule has 0 N–H and O–H groups in total. The zero-order valence-electron chi connectivity index (χ0n) is 25.5. The predicted octanol–water partition coefficient (Wildman–Crippen LogP) is 12.3. The number of hydrogen-bond donors (Lipinski definition) is 0. The van der Waals surface area contributed by atoms with Gasteiger partial charge in [-0.2, -0.15) is 0 Å². The lowest BCUT2D eigenvalue weighted by molar-refractivity contribution is 1.18. The lowest BCUT2D eigenvalue weighted by Crippen LogP contribution is -1.96. The molecule has 7 aromatic carbocycles. The van der Waals surface area contributed by atoms with Crippen molar-refractivity contribution in [2.24, 2.45) is 0 Å². The van der Waals surface area contributed by atoms with Crippen molar-refractivity contribution in [3.63, 3.8) is 0 Å². The van der Waals surface area contributed by atoms with Crippen LogP contribution in [0.2, 0.25) is 0 Å². The third-order valence-electron chi connectivity index (χ3n) is 8.87. The molecule has 0 unspecified atom stereocenters. The van der Waals surface area contributed by atoms with Gasteiger partial charge in [-0.1, -0.05) is 127 Å². The summed E-state index contributed by atoms with van der Waals surface area (Å²) in [6, 6.07) is 60.4. The molecular formula is C44H28N2S. The molecule has 0 spiro atoms. The average Bonchev–Trinajstić information content (AvgIpc) is 3.53. The predicted molar refractivity (Wildman–Crippen MR) is 200 cm³/mol. The second-order valence-corrected chi connectivity index (χ2v) is 12.9. The van der Waals surface area contributed by atoms with Crippen LogP contribution in [0, 0.1) is 0 Å². The van der Waals surface area contributed by atoms with E-state index >= 15 is 0 Å². The largest absolute Gasteiger partial charge is 0.228 e. The van der Waals surface area contributed by atoms with E-state index in [4.69, 9.17) is 9.97 Å². The molecule has 0 atom stereocenters. The Labute approximate surface area is 277 Å². The van der Waals surface area contributed by atoms with E-state index in [1.165, 1.54) is 42.1 Å². The van der Waals surface area contributed by atoms with Gasteiger partial charge in [0.05, 0.1) is 11.4 Å². The Morgan fingerprint density at radius 2 is 0.957 bits per heavy atom.